The van der Waals surface area contributed by atoms with Crippen LogP contribution in [0.25, 0.3) is 0 Å². The maximum Gasteiger partial charge on any atom is 0.316 e. The zero-order valence-corrected chi connectivity index (χ0v) is 9.10. The average molecular weight is 231 g/mol. The van der Waals surface area contributed by atoms with Crippen molar-refractivity contribution in [1.82, 2.24) is 9.97 Å². The number of aromatic amines is 1. The Bertz CT molecular complexity index is 494. The number of imidazole rings is 1. The molecule has 2 aromatic rings. The van der Waals surface area contributed by atoms with E-state index in [0.717, 1.165) is 11.5 Å². The molecule has 2 amide bonds. The van der Waals surface area contributed by atoms with Gasteiger partial charge in [0.15, 0.2) is 0 Å². The number of hydrogen-bond donors (Lipinski definition) is 4. The maximum atomic E-state index is 10.7. The molecule has 1 aromatic carbocycles. The zero-order valence-electron chi connectivity index (χ0n) is 9.10. The van der Waals surface area contributed by atoms with Crippen LogP contribution in [0.15, 0.2) is 36.7 Å². The van der Waals surface area contributed by atoms with E-state index in [1.807, 2.05) is 12.1 Å². The zero-order chi connectivity index (χ0) is 12.1. The quantitative estimate of drug-likeness (QED) is 0.642. The van der Waals surface area contributed by atoms with Crippen LogP contribution in [0.3, 0.4) is 0 Å². The Hall–Kier alpha value is -2.50. The van der Waals surface area contributed by atoms with E-state index in [0.29, 0.717) is 12.2 Å². The second-order valence-electron chi connectivity index (χ2n) is 3.46. The number of carbonyl (C=O) groups is 1. The summed E-state index contributed by atoms with van der Waals surface area (Å²) in [6.45, 7) is 0.590. The van der Waals surface area contributed by atoms with E-state index in [9.17, 15) is 4.79 Å². The van der Waals surface area contributed by atoms with Gasteiger partial charge in [0, 0.05) is 23.8 Å². The number of carbonyl (C=O) groups excluding carboxylic acids is 1. The lowest BCUT2D eigenvalue weighted by Gasteiger charge is -2.07. The highest BCUT2D eigenvalue weighted by Gasteiger charge is 1.99. The topological polar surface area (TPSA) is 95.8 Å². The molecule has 2 rings (SSSR count). The van der Waals surface area contributed by atoms with E-state index in [2.05, 4.69) is 20.6 Å². The van der Waals surface area contributed by atoms with Gasteiger partial charge in [0.05, 0.1) is 6.54 Å². The number of benzene rings is 1. The van der Waals surface area contributed by atoms with Gasteiger partial charge in [-0.15, -0.1) is 0 Å². The Balaban J connectivity index is 1.98. The lowest BCUT2D eigenvalue weighted by molar-refractivity contribution is 0.259. The van der Waals surface area contributed by atoms with Gasteiger partial charge in [-0.1, -0.05) is 6.07 Å². The van der Waals surface area contributed by atoms with Gasteiger partial charge in [-0.2, -0.15) is 0 Å². The van der Waals surface area contributed by atoms with Crippen molar-refractivity contribution in [3.8, 4) is 0 Å². The van der Waals surface area contributed by atoms with Crippen molar-refractivity contribution in [2.24, 2.45) is 5.73 Å². The van der Waals surface area contributed by atoms with Crippen LogP contribution in [0.5, 0.6) is 0 Å². The molecule has 0 spiro atoms. The summed E-state index contributed by atoms with van der Waals surface area (Å²) in [7, 11) is 0. The average Bonchev–Trinajstić information content (AvgIpc) is 2.79. The number of anilines is 2. The minimum atomic E-state index is -0.576. The van der Waals surface area contributed by atoms with E-state index in [1.54, 1.807) is 24.5 Å². The first-order valence-electron chi connectivity index (χ1n) is 5.13. The molecule has 0 aliphatic carbocycles. The monoisotopic (exact) mass is 231 g/mol. The molecule has 5 N–H and O–H groups in total. The minimum absolute atomic E-state index is 0.576. The van der Waals surface area contributed by atoms with Crippen LogP contribution in [0.4, 0.5) is 16.2 Å². The molecule has 0 aliphatic heterocycles. The van der Waals surface area contributed by atoms with Gasteiger partial charge in [0.25, 0.3) is 0 Å². The van der Waals surface area contributed by atoms with Crippen molar-refractivity contribution in [2.75, 3.05) is 10.6 Å². The third-order valence-electron chi connectivity index (χ3n) is 2.14. The van der Waals surface area contributed by atoms with E-state index in [1.165, 1.54) is 0 Å². The SMILES string of the molecule is NC(=O)Nc1cccc(NCc2ncc[nH]2)c1. The number of nitrogens with zero attached hydrogens (tertiary/aromatic N) is 1. The summed E-state index contributed by atoms with van der Waals surface area (Å²) in [5, 5.41) is 5.69. The first-order chi connectivity index (χ1) is 8.24. The molecule has 6 nitrogen and oxygen atoms in total. The lowest BCUT2D eigenvalue weighted by Crippen LogP contribution is -2.19. The fourth-order valence-electron chi connectivity index (χ4n) is 1.43. The van der Waals surface area contributed by atoms with Crippen molar-refractivity contribution >= 4 is 17.4 Å². The van der Waals surface area contributed by atoms with Gasteiger partial charge in [0.1, 0.15) is 5.82 Å². The Kier molecular flexibility index (Phi) is 3.25. The molecular weight excluding hydrogens is 218 g/mol. The number of hydrogen-bond acceptors (Lipinski definition) is 3. The summed E-state index contributed by atoms with van der Waals surface area (Å²) >= 11 is 0. The van der Waals surface area contributed by atoms with E-state index in [4.69, 9.17) is 5.73 Å². The first-order valence-corrected chi connectivity index (χ1v) is 5.13. The predicted molar refractivity (Wildman–Crippen MR) is 65.6 cm³/mol. The molecule has 0 unspecified atom stereocenters. The van der Waals surface area contributed by atoms with E-state index < -0.39 is 6.03 Å². The van der Waals surface area contributed by atoms with Crippen LogP contribution in [0.2, 0.25) is 0 Å². The molecule has 0 aliphatic rings. The van der Waals surface area contributed by atoms with E-state index in [-0.39, 0.29) is 0 Å². The highest BCUT2D eigenvalue weighted by atomic mass is 16.2. The fourth-order valence-corrected chi connectivity index (χ4v) is 1.43. The molecule has 0 fully saturated rings. The Morgan fingerprint density at radius 2 is 2.24 bits per heavy atom. The Labute approximate surface area is 98.2 Å². The third kappa shape index (κ3) is 3.23. The van der Waals surface area contributed by atoms with Gasteiger partial charge in [-0.3, -0.25) is 0 Å². The van der Waals surface area contributed by atoms with Crippen molar-refractivity contribution in [1.29, 1.82) is 0 Å². The summed E-state index contributed by atoms with van der Waals surface area (Å²) < 4.78 is 0. The Morgan fingerprint density at radius 3 is 2.94 bits per heavy atom. The van der Waals surface area contributed by atoms with Gasteiger partial charge in [-0.05, 0) is 18.2 Å². The standard InChI is InChI=1S/C11H13N5O/c12-11(17)16-9-3-1-2-8(6-9)15-7-10-13-4-5-14-10/h1-6,15H,7H2,(H,13,14)(H3,12,16,17). The van der Waals surface area contributed by atoms with Crippen LogP contribution in [0.1, 0.15) is 5.82 Å². The number of amides is 2. The maximum absolute atomic E-state index is 10.7. The second-order valence-corrected chi connectivity index (χ2v) is 3.46. The number of rotatable bonds is 4. The molecule has 17 heavy (non-hydrogen) atoms. The van der Waals surface area contributed by atoms with Crippen molar-refractivity contribution in [3.63, 3.8) is 0 Å². The van der Waals surface area contributed by atoms with Crippen LogP contribution >= 0.6 is 0 Å². The molecule has 0 atom stereocenters. The van der Waals surface area contributed by atoms with Crippen LogP contribution in [-0.2, 0) is 6.54 Å². The summed E-state index contributed by atoms with van der Waals surface area (Å²) in [4.78, 5) is 17.8. The molecule has 0 bridgehead atoms. The summed E-state index contributed by atoms with van der Waals surface area (Å²) in [6, 6.07) is 6.72. The predicted octanol–water partition coefficient (Wildman–Crippen LogP) is 1.51. The lowest BCUT2D eigenvalue weighted by atomic mass is 10.2. The molecule has 88 valence electrons. The second kappa shape index (κ2) is 5.02. The highest BCUT2D eigenvalue weighted by molar-refractivity contribution is 5.88. The molecule has 1 heterocycles. The van der Waals surface area contributed by atoms with Gasteiger partial charge in [-0.25, -0.2) is 9.78 Å². The number of nitrogens with two attached hydrogens (primary N) is 1. The van der Waals surface area contributed by atoms with Crippen molar-refractivity contribution < 1.29 is 4.79 Å². The minimum Gasteiger partial charge on any atom is -0.378 e. The number of nitrogens with one attached hydrogen (secondary N) is 3. The number of urea groups is 1. The summed E-state index contributed by atoms with van der Waals surface area (Å²) in [5.74, 6) is 0.846. The van der Waals surface area contributed by atoms with Crippen molar-refractivity contribution in [3.05, 3.63) is 42.5 Å². The van der Waals surface area contributed by atoms with Crippen molar-refractivity contribution in [2.45, 2.75) is 6.54 Å². The summed E-state index contributed by atoms with van der Waals surface area (Å²) in [6.07, 6.45) is 3.46. The van der Waals surface area contributed by atoms with Crippen LogP contribution in [0, 0.1) is 0 Å². The normalized spacial score (nSPS) is 9.88. The van der Waals surface area contributed by atoms with Gasteiger partial charge < -0.3 is 21.4 Å². The van der Waals surface area contributed by atoms with Gasteiger partial charge >= 0.3 is 6.03 Å². The summed E-state index contributed by atoms with van der Waals surface area (Å²) in [5.41, 5.74) is 6.58. The largest absolute Gasteiger partial charge is 0.378 e. The highest BCUT2D eigenvalue weighted by Crippen LogP contribution is 2.15. The Morgan fingerprint density at radius 1 is 1.41 bits per heavy atom. The molecule has 0 radical (unpaired) electrons. The third-order valence-corrected chi connectivity index (χ3v) is 2.14. The molecule has 0 saturated heterocycles. The molecule has 6 heteroatoms. The first kappa shape index (κ1) is 11.0. The smallest absolute Gasteiger partial charge is 0.316 e. The fraction of sp³-hybridized carbons (Fsp3) is 0.0909. The number of aromatic nitrogens is 2. The molecular formula is C11H13N5O. The van der Waals surface area contributed by atoms with Crippen LogP contribution in [-0.4, -0.2) is 16.0 Å². The number of H-pyrrole nitrogens is 1. The number of primary amides is 1. The molecule has 1 aromatic heterocycles. The van der Waals surface area contributed by atoms with Crippen LogP contribution < -0.4 is 16.4 Å². The molecule has 0 saturated carbocycles. The van der Waals surface area contributed by atoms with Gasteiger partial charge in [0.2, 0.25) is 0 Å². The van der Waals surface area contributed by atoms with E-state index >= 15 is 0 Å².